The molecule has 1 aromatic carbocycles. The van der Waals surface area contributed by atoms with E-state index in [4.69, 9.17) is 54.0 Å². The molecule has 3 aromatic rings. The number of aromatic nitrogens is 2. The summed E-state index contributed by atoms with van der Waals surface area (Å²) < 4.78 is 16.2. The van der Waals surface area contributed by atoms with Gasteiger partial charge in [0, 0.05) is 41.7 Å². The fraction of sp³-hybridized carbons (Fsp3) is 0.333. The van der Waals surface area contributed by atoms with Crippen molar-refractivity contribution >= 4 is 51.4 Å². The highest BCUT2D eigenvalue weighted by atomic mass is 35.5. The average Bonchev–Trinajstić information content (AvgIpc) is 2.66. The smallest absolute Gasteiger partial charge is 0.141 e. The first kappa shape index (κ1) is 19.9. The van der Waals surface area contributed by atoms with Gasteiger partial charge in [0.15, 0.2) is 0 Å². The van der Waals surface area contributed by atoms with Crippen molar-refractivity contribution < 1.29 is 14.2 Å². The molecular formula is C21H18Cl3N3O3. The third kappa shape index (κ3) is 3.05. The molecule has 5 rings (SSSR count). The van der Waals surface area contributed by atoms with Crippen molar-refractivity contribution in [3.63, 3.8) is 0 Å². The average molecular weight is 467 g/mol. The van der Waals surface area contributed by atoms with Gasteiger partial charge in [0.2, 0.25) is 0 Å². The summed E-state index contributed by atoms with van der Waals surface area (Å²) in [5.74, 6) is 1.73. The van der Waals surface area contributed by atoms with Crippen LogP contribution in [0.1, 0.15) is 0 Å². The summed E-state index contributed by atoms with van der Waals surface area (Å²) in [6.07, 6.45) is 1.73. The van der Waals surface area contributed by atoms with Crippen molar-refractivity contribution in [2.45, 2.75) is 0 Å². The number of rotatable bonds is 4. The number of hydrogen-bond acceptors (Lipinski definition) is 6. The van der Waals surface area contributed by atoms with Crippen molar-refractivity contribution in [1.82, 2.24) is 9.97 Å². The molecule has 2 aliphatic rings. The Morgan fingerprint density at radius 1 is 1.00 bits per heavy atom. The minimum absolute atomic E-state index is 0.231. The van der Waals surface area contributed by atoms with Gasteiger partial charge >= 0.3 is 0 Å². The number of fused-ring (bicyclic) bond motifs is 1. The van der Waals surface area contributed by atoms with E-state index in [2.05, 4.69) is 9.88 Å². The number of ether oxygens (including phenoxy) is 3. The lowest BCUT2D eigenvalue weighted by molar-refractivity contribution is -0.127. The highest BCUT2D eigenvalue weighted by Crippen LogP contribution is 2.48. The predicted molar refractivity (Wildman–Crippen MR) is 119 cm³/mol. The standard InChI is InChI=1S/C21H18Cl3N3O3/c1-28-14-5-15(29-2)19(24)17(18(14)23)13-3-11-6-25-16(22)4-12(11)20(26-13)27-7-21(8-27)9-30-10-21/h3-6H,7-10H2,1-2H3. The first-order chi connectivity index (χ1) is 14.4. The van der Waals surface area contributed by atoms with E-state index in [0.717, 1.165) is 42.9 Å². The minimum atomic E-state index is 0.231. The summed E-state index contributed by atoms with van der Waals surface area (Å²) >= 11 is 19.5. The number of hydrogen-bond donors (Lipinski definition) is 0. The van der Waals surface area contributed by atoms with Crippen LogP contribution in [0.15, 0.2) is 24.4 Å². The fourth-order valence-corrected chi connectivity index (χ4v) is 4.92. The van der Waals surface area contributed by atoms with Gasteiger partial charge in [-0.3, -0.25) is 0 Å². The third-order valence-corrected chi connectivity index (χ3v) is 6.62. The van der Waals surface area contributed by atoms with Gasteiger partial charge in [-0.25, -0.2) is 9.97 Å². The van der Waals surface area contributed by atoms with Crippen LogP contribution in [0.5, 0.6) is 11.5 Å². The van der Waals surface area contributed by atoms with Crippen molar-refractivity contribution in [3.8, 4) is 22.8 Å². The number of anilines is 1. The number of methoxy groups -OCH3 is 2. The Balaban J connectivity index is 1.70. The van der Waals surface area contributed by atoms with Crippen LogP contribution >= 0.6 is 34.8 Å². The molecule has 0 saturated carbocycles. The molecule has 0 amide bonds. The van der Waals surface area contributed by atoms with Gasteiger partial charge in [-0.15, -0.1) is 0 Å². The van der Waals surface area contributed by atoms with Gasteiger partial charge < -0.3 is 19.1 Å². The lowest BCUT2D eigenvalue weighted by atomic mass is 9.78. The lowest BCUT2D eigenvalue weighted by Crippen LogP contribution is -2.66. The summed E-state index contributed by atoms with van der Waals surface area (Å²) in [4.78, 5) is 11.4. The van der Waals surface area contributed by atoms with Crippen LogP contribution in [0.3, 0.4) is 0 Å². The van der Waals surface area contributed by atoms with Gasteiger partial charge in [0.05, 0.1) is 48.6 Å². The summed E-state index contributed by atoms with van der Waals surface area (Å²) in [7, 11) is 3.09. The lowest BCUT2D eigenvalue weighted by Gasteiger charge is -2.55. The fourth-order valence-electron chi connectivity index (χ4n) is 4.07. The monoisotopic (exact) mass is 465 g/mol. The van der Waals surface area contributed by atoms with E-state index in [1.807, 2.05) is 12.1 Å². The van der Waals surface area contributed by atoms with Crippen LogP contribution in [0.25, 0.3) is 22.0 Å². The Bertz CT molecular complexity index is 1130. The molecule has 2 fully saturated rings. The predicted octanol–water partition coefficient (Wildman–Crippen LogP) is 5.11. The van der Waals surface area contributed by atoms with Crippen LogP contribution in [0.4, 0.5) is 5.82 Å². The summed E-state index contributed by atoms with van der Waals surface area (Å²) in [5.41, 5.74) is 1.39. The molecule has 6 nitrogen and oxygen atoms in total. The molecule has 30 heavy (non-hydrogen) atoms. The molecule has 2 aromatic heterocycles. The molecule has 0 bridgehead atoms. The molecular weight excluding hydrogens is 449 g/mol. The zero-order chi connectivity index (χ0) is 21.0. The number of nitrogens with zero attached hydrogens (tertiary/aromatic N) is 3. The topological polar surface area (TPSA) is 56.7 Å². The van der Waals surface area contributed by atoms with E-state index in [1.165, 1.54) is 0 Å². The molecule has 156 valence electrons. The van der Waals surface area contributed by atoms with E-state index in [1.54, 1.807) is 26.5 Å². The maximum atomic E-state index is 6.64. The SMILES string of the molecule is COc1cc(OC)c(Cl)c(-c2cc3cnc(Cl)cc3c(N3CC4(COC4)C3)n2)c1Cl. The van der Waals surface area contributed by atoms with E-state index < -0.39 is 0 Å². The van der Waals surface area contributed by atoms with Crippen molar-refractivity contribution in [1.29, 1.82) is 0 Å². The van der Waals surface area contributed by atoms with Crippen LogP contribution < -0.4 is 14.4 Å². The normalized spacial score (nSPS) is 17.0. The minimum Gasteiger partial charge on any atom is -0.495 e. The molecule has 0 radical (unpaired) electrons. The molecule has 1 spiro atoms. The molecule has 0 aliphatic carbocycles. The largest absolute Gasteiger partial charge is 0.495 e. The maximum absolute atomic E-state index is 6.64. The first-order valence-corrected chi connectivity index (χ1v) is 10.5. The number of halogens is 3. The molecule has 9 heteroatoms. The molecule has 0 N–H and O–H groups in total. The zero-order valence-corrected chi connectivity index (χ0v) is 18.6. The highest BCUT2D eigenvalue weighted by Gasteiger charge is 2.49. The second kappa shape index (κ2) is 7.31. The second-order valence-electron chi connectivity index (χ2n) is 7.69. The zero-order valence-electron chi connectivity index (χ0n) is 16.3. The van der Waals surface area contributed by atoms with E-state index in [-0.39, 0.29) is 5.41 Å². The summed E-state index contributed by atoms with van der Waals surface area (Å²) in [6, 6.07) is 5.39. The Morgan fingerprint density at radius 3 is 2.23 bits per heavy atom. The summed E-state index contributed by atoms with van der Waals surface area (Å²) in [5, 5.41) is 2.97. The van der Waals surface area contributed by atoms with E-state index in [9.17, 15) is 0 Å². The van der Waals surface area contributed by atoms with Crippen molar-refractivity contribution in [2.75, 3.05) is 45.4 Å². The first-order valence-electron chi connectivity index (χ1n) is 9.34. The Morgan fingerprint density at radius 2 is 1.67 bits per heavy atom. The second-order valence-corrected chi connectivity index (χ2v) is 8.84. The van der Waals surface area contributed by atoms with Crippen molar-refractivity contribution in [2.24, 2.45) is 5.41 Å². The quantitative estimate of drug-likeness (QED) is 0.498. The van der Waals surface area contributed by atoms with Crippen LogP contribution in [-0.2, 0) is 4.74 Å². The van der Waals surface area contributed by atoms with Gasteiger partial charge in [-0.05, 0) is 12.1 Å². The van der Waals surface area contributed by atoms with Crippen LogP contribution in [0, 0.1) is 5.41 Å². The van der Waals surface area contributed by atoms with Crippen molar-refractivity contribution in [3.05, 3.63) is 39.6 Å². The van der Waals surface area contributed by atoms with Crippen LogP contribution in [-0.4, -0.2) is 50.5 Å². The molecule has 4 heterocycles. The van der Waals surface area contributed by atoms with Gasteiger partial charge in [-0.1, -0.05) is 34.8 Å². The number of benzene rings is 1. The molecule has 0 atom stereocenters. The Labute approximate surface area is 188 Å². The maximum Gasteiger partial charge on any atom is 0.141 e. The molecule has 2 aliphatic heterocycles. The number of pyridine rings is 2. The van der Waals surface area contributed by atoms with E-state index in [0.29, 0.717) is 38.0 Å². The highest BCUT2D eigenvalue weighted by molar-refractivity contribution is 6.41. The van der Waals surface area contributed by atoms with Gasteiger partial charge in [-0.2, -0.15) is 0 Å². The Kier molecular flexibility index (Phi) is 4.86. The van der Waals surface area contributed by atoms with E-state index >= 15 is 0 Å². The third-order valence-electron chi connectivity index (χ3n) is 5.66. The molecule has 0 unspecified atom stereocenters. The van der Waals surface area contributed by atoms with Crippen LogP contribution in [0.2, 0.25) is 15.2 Å². The molecule has 2 saturated heterocycles. The Hall–Kier alpha value is -1.99. The van der Waals surface area contributed by atoms with Gasteiger partial charge in [0.1, 0.15) is 22.5 Å². The summed E-state index contributed by atoms with van der Waals surface area (Å²) in [6.45, 7) is 3.32. The van der Waals surface area contributed by atoms with Gasteiger partial charge in [0.25, 0.3) is 0 Å².